The van der Waals surface area contributed by atoms with E-state index in [1.807, 2.05) is 31.3 Å². The van der Waals surface area contributed by atoms with Gasteiger partial charge in [-0.3, -0.25) is 5.10 Å². The monoisotopic (exact) mass is 477 g/mol. The average Bonchev–Trinajstić information content (AvgIpc) is 3.37. The van der Waals surface area contributed by atoms with E-state index in [-0.39, 0.29) is 17.4 Å². The number of aliphatic hydroxyl groups is 4. The van der Waals surface area contributed by atoms with E-state index in [2.05, 4.69) is 41.4 Å². The molecule has 1 aromatic heterocycles. The van der Waals surface area contributed by atoms with Crippen molar-refractivity contribution in [3.05, 3.63) is 58.8 Å². The second-order valence-electron chi connectivity index (χ2n) is 11.5. The molecule has 1 aromatic carbocycles. The van der Waals surface area contributed by atoms with Gasteiger partial charge in [0.05, 0.1) is 29.5 Å². The van der Waals surface area contributed by atoms with E-state index in [1.165, 1.54) is 11.1 Å². The number of rotatable bonds is 2. The van der Waals surface area contributed by atoms with Crippen LogP contribution in [-0.4, -0.2) is 79.6 Å². The SMILES string of the molecule is CN(C)C1CC2(O)CCC3=C(C=C2C(O)C1O)C(O)CC1(C)C(c2ccc4[nH]ncc4c2)=CCC31. The Morgan fingerprint density at radius 2 is 1.94 bits per heavy atom. The minimum Gasteiger partial charge on any atom is -0.388 e. The van der Waals surface area contributed by atoms with E-state index in [4.69, 9.17) is 0 Å². The molecule has 0 aliphatic heterocycles. The fourth-order valence-electron chi connectivity index (χ4n) is 7.41. The molecule has 7 nitrogen and oxygen atoms in total. The van der Waals surface area contributed by atoms with Crippen LogP contribution >= 0.6 is 0 Å². The summed E-state index contributed by atoms with van der Waals surface area (Å²) in [6.07, 6.45) is 6.08. The number of hydrogen-bond acceptors (Lipinski definition) is 6. The number of nitrogens with one attached hydrogen (secondary N) is 1. The maximum Gasteiger partial charge on any atom is 0.105 e. The van der Waals surface area contributed by atoms with Crippen LogP contribution in [0.2, 0.25) is 0 Å². The van der Waals surface area contributed by atoms with Crippen molar-refractivity contribution in [3.63, 3.8) is 0 Å². The summed E-state index contributed by atoms with van der Waals surface area (Å²) in [4.78, 5) is 1.87. The molecule has 0 bridgehead atoms. The summed E-state index contributed by atoms with van der Waals surface area (Å²) in [5, 5.41) is 53.2. The van der Waals surface area contributed by atoms with Crippen molar-refractivity contribution in [2.75, 3.05) is 14.1 Å². The lowest BCUT2D eigenvalue weighted by molar-refractivity contribution is -0.0922. The lowest BCUT2D eigenvalue weighted by Crippen LogP contribution is -2.58. The van der Waals surface area contributed by atoms with Gasteiger partial charge in [-0.15, -0.1) is 0 Å². The van der Waals surface area contributed by atoms with Gasteiger partial charge in [0, 0.05) is 16.8 Å². The van der Waals surface area contributed by atoms with Crippen molar-refractivity contribution < 1.29 is 20.4 Å². The molecule has 0 radical (unpaired) electrons. The topological polar surface area (TPSA) is 113 Å². The molecule has 0 spiro atoms. The van der Waals surface area contributed by atoms with Crippen LogP contribution in [0, 0.1) is 11.3 Å². The van der Waals surface area contributed by atoms with Crippen LogP contribution in [0.3, 0.4) is 0 Å². The number of benzene rings is 1. The minimum atomic E-state index is -1.21. The smallest absolute Gasteiger partial charge is 0.105 e. The quantitative estimate of drug-likeness (QED) is 0.454. The minimum absolute atomic E-state index is 0.225. The van der Waals surface area contributed by atoms with Crippen molar-refractivity contribution in [2.24, 2.45) is 11.3 Å². The van der Waals surface area contributed by atoms with Gasteiger partial charge in [0.25, 0.3) is 0 Å². The predicted octanol–water partition coefficient (Wildman–Crippen LogP) is 2.54. The van der Waals surface area contributed by atoms with Gasteiger partial charge in [0.2, 0.25) is 0 Å². The number of aromatic amines is 1. The molecule has 1 fully saturated rings. The highest BCUT2D eigenvalue weighted by Crippen LogP contribution is 2.60. The van der Waals surface area contributed by atoms with E-state index < -0.39 is 23.9 Å². The number of allylic oxidation sites excluding steroid dienone is 3. The van der Waals surface area contributed by atoms with E-state index in [0.29, 0.717) is 31.3 Å². The van der Waals surface area contributed by atoms with Gasteiger partial charge in [-0.2, -0.15) is 5.10 Å². The second-order valence-corrected chi connectivity index (χ2v) is 11.5. The highest BCUT2D eigenvalue weighted by atomic mass is 16.3. The Hall–Kier alpha value is -2.29. The maximum absolute atomic E-state index is 11.7. The molecule has 0 amide bonds. The van der Waals surface area contributed by atoms with Crippen LogP contribution in [0.4, 0.5) is 0 Å². The summed E-state index contributed by atoms with van der Waals surface area (Å²) in [5.74, 6) is 0.225. The van der Waals surface area contributed by atoms with E-state index in [9.17, 15) is 20.4 Å². The normalized spacial score (nSPS) is 39.1. The fraction of sp³-hybridized carbons (Fsp3) is 0.536. The van der Waals surface area contributed by atoms with Crippen molar-refractivity contribution in [3.8, 4) is 0 Å². The number of hydrogen-bond donors (Lipinski definition) is 5. The van der Waals surface area contributed by atoms with Gasteiger partial charge in [-0.25, -0.2) is 0 Å². The van der Waals surface area contributed by atoms with Crippen molar-refractivity contribution >= 4 is 16.5 Å². The van der Waals surface area contributed by atoms with Crippen molar-refractivity contribution in [2.45, 2.75) is 69.0 Å². The molecule has 7 atom stereocenters. The molecule has 1 heterocycles. The summed E-state index contributed by atoms with van der Waals surface area (Å²) in [6, 6.07) is 6.01. The van der Waals surface area contributed by atoms with Gasteiger partial charge >= 0.3 is 0 Å². The van der Waals surface area contributed by atoms with Crippen LogP contribution < -0.4 is 0 Å². The molecule has 5 N–H and O–H groups in total. The van der Waals surface area contributed by atoms with E-state index in [0.717, 1.165) is 28.5 Å². The molecule has 35 heavy (non-hydrogen) atoms. The third-order valence-corrected chi connectivity index (χ3v) is 9.36. The highest BCUT2D eigenvalue weighted by Gasteiger charge is 2.53. The van der Waals surface area contributed by atoms with Gasteiger partial charge in [0.1, 0.15) is 6.10 Å². The first-order valence-corrected chi connectivity index (χ1v) is 12.6. The Morgan fingerprint density at radius 1 is 1.14 bits per heavy atom. The number of aromatic nitrogens is 2. The zero-order valence-corrected chi connectivity index (χ0v) is 20.6. The summed E-state index contributed by atoms with van der Waals surface area (Å²) < 4.78 is 0. The Balaban J connectivity index is 1.38. The molecule has 1 saturated carbocycles. The lowest BCUT2D eigenvalue weighted by Gasteiger charge is -2.46. The number of H-pyrrole nitrogens is 1. The van der Waals surface area contributed by atoms with Crippen LogP contribution in [0.1, 0.15) is 44.6 Å². The molecule has 6 rings (SSSR count). The fourth-order valence-corrected chi connectivity index (χ4v) is 7.41. The number of aliphatic hydroxyl groups excluding tert-OH is 3. The zero-order chi connectivity index (χ0) is 24.7. The Bertz CT molecular complexity index is 1280. The summed E-state index contributed by atoms with van der Waals surface area (Å²) >= 11 is 0. The third-order valence-electron chi connectivity index (χ3n) is 9.36. The molecular weight excluding hydrogens is 442 g/mol. The molecule has 7 heteroatoms. The van der Waals surface area contributed by atoms with Gasteiger partial charge < -0.3 is 25.3 Å². The number of likely N-dealkylation sites (N-methyl/N-ethyl adjacent to an activating group) is 1. The zero-order valence-electron chi connectivity index (χ0n) is 20.6. The predicted molar refractivity (Wildman–Crippen MR) is 134 cm³/mol. The maximum atomic E-state index is 11.7. The number of nitrogens with zero attached hydrogens (tertiary/aromatic N) is 2. The first kappa shape index (κ1) is 23.1. The Morgan fingerprint density at radius 3 is 2.71 bits per heavy atom. The molecular formula is C28H35N3O4. The van der Waals surface area contributed by atoms with Gasteiger partial charge in [-0.05, 0) is 86.5 Å². The van der Waals surface area contributed by atoms with E-state index in [1.54, 1.807) is 0 Å². The van der Waals surface area contributed by atoms with Crippen LogP contribution in [0.15, 0.2) is 53.3 Å². The largest absolute Gasteiger partial charge is 0.388 e. The molecule has 0 saturated heterocycles. The van der Waals surface area contributed by atoms with Gasteiger partial charge in [0.15, 0.2) is 0 Å². The summed E-state index contributed by atoms with van der Waals surface area (Å²) in [7, 11) is 3.72. The second kappa shape index (κ2) is 7.85. The number of fused-ring (bicyclic) bond motifs is 4. The van der Waals surface area contributed by atoms with Crippen LogP contribution in [0.25, 0.3) is 16.5 Å². The molecule has 7 unspecified atom stereocenters. The Labute approximate surface area is 205 Å². The third kappa shape index (κ3) is 3.33. The standard InChI is InChI=1S/C28H35N3O4/c1-27-13-24(32)18-11-21-25(33)26(34)23(31(2)3)12-28(21,35)9-8-17(18)20(27)6-5-19(27)15-4-7-22-16(10-15)14-29-30-22/h4-5,7,10-11,14,20,23-26,32-35H,6,8-9,12-13H2,1-3H3,(H,29,30). The van der Waals surface area contributed by atoms with Crippen LogP contribution in [0.5, 0.6) is 0 Å². The first-order chi connectivity index (χ1) is 16.6. The van der Waals surface area contributed by atoms with Crippen LogP contribution in [-0.2, 0) is 0 Å². The lowest BCUT2D eigenvalue weighted by atomic mass is 9.61. The molecule has 4 aliphatic carbocycles. The van der Waals surface area contributed by atoms with Crippen molar-refractivity contribution in [1.29, 1.82) is 0 Å². The molecule has 4 aliphatic rings. The van der Waals surface area contributed by atoms with E-state index >= 15 is 0 Å². The molecule has 2 aromatic rings. The molecule has 186 valence electrons. The Kier molecular flexibility index (Phi) is 5.19. The average molecular weight is 478 g/mol. The summed E-state index contributed by atoms with van der Waals surface area (Å²) in [5.41, 5.74) is 4.45. The highest BCUT2D eigenvalue weighted by molar-refractivity contribution is 5.85. The van der Waals surface area contributed by atoms with Gasteiger partial charge in [-0.1, -0.05) is 30.7 Å². The first-order valence-electron chi connectivity index (χ1n) is 12.6. The summed E-state index contributed by atoms with van der Waals surface area (Å²) in [6.45, 7) is 2.25. The van der Waals surface area contributed by atoms with Crippen molar-refractivity contribution in [1.82, 2.24) is 15.1 Å².